The molecule has 0 amide bonds. The predicted molar refractivity (Wildman–Crippen MR) is 58.2 cm³/mol. The topological polar surface area (TPSA) is 37.3 Å². The molecular weight excluding hydrogens is 184 g/mol. The van der Waals surface area contributed by atoms with Gasteiger partial charge in [-0.15, -0.1) is 0 Å². The maximum atomic E-state index is 10.4. The summed E-state index contributed by atoms with van der Waals surface area (Å²) in [5, 5.41) is 8.55. The average molecular weight is 202 g/mol. The second-order valence-electron chi connectivity index (χ2n) is 3.45. The molecule has 2 nitrogen and oxygen atoms in total. The zero-order valence-corrected chi connectivity index (χ0v) is 9.36. The van der Waals surface area contributed by atoms with Crippen molar-refractivity contribution >= 4 is 17.7 Å². The molecule has 0 heterocycles. The van der Waals surface area contributed by atoms with Gasteiger partial charge in [-0.3, -0.25) is 0 Å². The van der Waals surface area contributed by atoms with Crippen LogP contribution >= 0.6 is 11.8 Å². The van der Waals surface area contributed by atoms with Crippen molar-refractivity contribution < 1.29 is 9.90 Å². The highest BCUT2D eigenvalue weighted by atomic mass is 32.2. The van der Waals surface area contributed by atoms with Gasteiger partial charge < -0.3 is 5.11 Å². The lowest BCUT2D eigenvalue weighted by Gasteiger charge is -2.02. The molecule has 0 saturated carbocycles. The van der Waals surface area contributed by atoms with Crippen molar-refractivity contribution in [2.24, 2.45) is 5.92 Å². The minimum atomic E-state index is -0.815. The Hall–Kier alpha value is -0.440. The quantitative estimate of drug-likeness (QED) is 0.531. The highest BCUT2D eigenvalue weighted by molar-refractivity contribution is 7.99. The minimum absolute atomic E-state index is 0.442. The van der Waals surface area contributed by atoms with Crippen molar-refractivity contribution in [2.45, 2.75) is 27.2 Å². The summed E-state index contributed by atoms with van der Waals surface area (Å²) in [6, 6.07) is 0. The monoisotopic (exact) mass is 202 g/mol. The first-order valence-electron chi connectivity index (χ1n) is 4.51. The van der Waals surface area contributed by atoms with Crippen LogP contribution in [-0.4, -0.2) is 22.6 Å². The second-order valence-corrected chi connectivity index (χ2v) is 4.60. The van der Waals surface area contributed by atoms with E-state index < -0.39 is 5.97 Å². The molecule has 13 heavy (non-hydrogen) atoms. The molecule has 0 aliphatic carbocycles. The largest absolute Gasteiger partial charge is 0.478 e. The van der Waals surface area contributed by atoms with Gasteiger partial charge in [-0.25, -0.2) is 4.79 Å². The molecule has 0 aliphatic rings. The van der Waals surface area contributed by atoms with Crippen LogP contribution in [0.25, 0.3) is 0 Å². The first-order valence-corrected chi connectivity index (χ1v) is 5.67. The molecule has 0 aromatic carbocycles. The summed E-state index contributed by atoms with van der Waals surface area (Å²) in [6.07, 6.45) is 2.97. The van der Waals surface area contributed by atoms with Crippen molar-refractivity contribution in [3.63, 3.8) is 0 Å². The molecule has 0 fully saturated rings. The van der Waals surface area contributed by atoms with Gasteiger partial charge in [0, 0.05) is 11.3 Å². The van der Waals surface area contributed by atoms with Crippen LogP contribution in [0.3, 0.4) is 0 Å². The maximum Gasteiger partial charge on any atom is 0.330 e. The molecule has 0 aromatic rings. The highest BCUT2D eigenvalue weighted by Crippen LogP contribution is 2.09. The van der Waals surface area contributed by atoms with E-state index in [1.165, 1.54) is 6.42 Å². The second kappa shape index (κ2) is 7.01. The maximum absolute atomic E-state index is 10.4. The van der Waals surface area contributed by atoms with E-state index >= 15 is 0 Å². The number of aliphatic carboxylic acids is 1. The Balaban J connectivity index is 3.45. The molecule has 0 atom stereocenters. The van der Waals surface area contributed by atoms with Crippen molar-refractivity contribution in [1.82, 2.24) is 0 Å². The Morgan fingerprint density at radius 2 is 2.15 bits per heavy atom. The fourth-order valence-electron chi connectivity index (χ4n) is 0.674. The molecule has 0 unspecified atom stereocenters. The number of hydrogen-bond donors (Lipinski definition) is 1. The lowest BCUT2D eigenvalue weighted by atomic mass is 10.2. The number of carbonyl (C=O) groups is 1. The van der Waals surface area contributed by atoms with Gasteiger partial charge in [0.2, 0.25) is 0 Å². The lowest BCUT2D eigenvalue weighted by Crippen LogP contribution is -1.96. The predicted octanol–water partition coefficient (Wildman–Crippen LogP) is 2.80. The van der Waals surface area contributed by atoms with Gasteiger partial charge >= 0.3 is 5.97 Å². The number of carboxylic acid groups (broad SMARTS) is 1. The normalized spacial score (nSPS) is 12.2. The Labute approximate surface area is 84.4 Å². The summed E-state index contributed by atoms with van der Waals surface area (Å²) in [5.74, 6) is 1.84. The van der Waals surface area contributed by atoms with Crippen LogP contribution in [0.1, 0.15) is 27.2 Å². The SMILES string of the molecule is C/C(=C/CSCCC(C)C)C(=O)O. The van der Waals surface area contributed by atoms with E-state index in [4.69, 9.17) is 5.11 Å². The van der Waals surface area contributed by atoms with E-state index in [9.17, 15) is 4.79 Å². The Bertz CT molecular complexity index is 185. The molecule has 3 heteroatoms. The van der Waals surface area contributed by atoms with Gasteiger partial charge in [0.1, 0.15) is 0 Å². The summed E-state index contributed by atoms with van der Waals surface area (Å²) in [5.41, 5.74) is 0.442. The molecule has 0 bridgehead atoms. The number of thioether (sulfide) groups is 1. The van der Waals surface area contributed by atoms with Crippen LogP contribution in [0, 0.1) is 5.92 Å². The minimum Gasteiger partial charge on any atom is -0.478 e. The van der Waals surface area contributed by atoms with Crippen molar-refractivity contribution in [2.75, 3.05) is 11.5 Å². The van der Waals surface area contributed by atoms with Gasteiger partial charge in [-0.1, -0.05) is 19.9 Å². The van der Waals surface area contributed by atoms with Crippen LogP contribution in [0.4, 0.5) is 0 Å². The zero-order valence-electron chi connectivity index (χ0n) is 8.54. The van der Waals surface area contributed by atoms with Crippen molar-refractivity contribution in [3.8, 4) is 0 Å². The van der Waals surface area contributed by atoms with Gasteiger partial charge in [0.15, 0.2) is 0 Å². The van der Waals surface area contributed by atoms with E-state index in [-0.39, 0.29) is 0 Å². The third kappa shape index (κ3) is 7.91. The number of rotatable bonds is 6. The van der Waals surface area contributed by atoms with Crippen LogP contribution < -0.4 is 0 Å². The van der Waals surface area contributed by atoms with Gasteiger partial charge in [-0.2, -0.15) is 11.8 Å². The third-order valence-electron chi connectivity index (χ3n) is 1.68. The molecule has 0 aliphatic heterocycles. The Morgan fingerprint density at radius 3 is 2.62 bits per heavy atom. The molecule has 0 radical (unpaired) electrons. The smallest absolute Gasteiger partial charge is 0.330 e. The lowest BCUT2D eigenvalue weighted by molar-refractivity contribution is -0.132. The Kier molecular flexibility index (Phi) is 6.77. The van der Waals surface area contributed by atoms with Gasteiger partial charge in [0.25, 0.3) is 0 Å². The standard InChI is InChI=1S/C10H18O2S/c1-8(2)4-6-13-7-5-9(3)10(11)12/h5,8H,4,6-7H2,1-3H3,(H,11,12)/b9-5-. The molecule has 0 rings (SSSR count). The van der Waals surface area contributed by atoms with E-state index in [2.05, 4.69) is 13.8 Å². The molecule has 0 spiro atoms. The summed E-state index contributed by atoms with van der Waals surface area (Å²) >= 11 is 1.79. The first kappa shape index (κ1) is 12.6. The van der Waals surface area contributed by atoms with Crippen LogP contribution in [0.5, 0.6) is 0 Å². The first-order chi connectivity index (χ1) is 6.04. The van der Waals surface area contributed by atoms with Gasteiger partial charge in [0.05, 0.1) is 0 Å². The fourth-order valence-corrected chi connectivity index (χ4v) is 1.85. The third-order valence-corrected chi connectivity index (χ3v) is 2.61. The van der Waals surface area contributed by atoms with Crippen molar-refractivity contribution in [3.05, 3.63) is 11.6 Å². The van der Waals surface area contributed by atoms with E-state index in [0.29, 0.717) is 5.57 Å². The summed E-state index contributed by atoms with van der Waals surface area (Å²) < 4.78 is 0. The number of hydrogen-bond acceptors (Lipinski definition) is 2. The van der Waals surface area contributed by atoms with Crippen LogP contribution in [0.15, 0.2) is 11.6 Å². The van der Waals surface area contributed by atoms with E-state index in [0.717, 1.165) is 17.4 Å². The zero-order chi connectivity index (χ0) is 10.3. The summed E-state index contributed by atoms with van der Waals surface area (Å²) in [4.78, 5) is 10.4. The van der Waals surface area contributed by atoms with E-state index in [1.807, 2.05) is 0 Å². The number of carboxylic acids is 1. The molecule has 0 aromatic heterocycles. The van der Waals surface area contributed by atoms with E-state index in [1.54, 1.807) is 24.8 Å². The average Bonchev–Trinajstić information content (AvgIpc) is 2.02. The molecular formula is C10H18O2S. The van der Waals surface area contributed by atoms with Gasteiger partial charge in [-0.05, 0) is 25.0 Å². The van der Waals surface area contributed by atoms with Crippen molar-refractivity contribution in [1.29, 1.82) is 0 Å². The van der Waals surface area contributed by atoms with Crippen LogP contribution in [-0.2, 0) is 4.79 Å². The highest BCUT2D eigenvalue weighted by Gasteiger charge is 1.98. The molecule has 1 N–H and O–H groups in total. The summed E-state index contributed by atoms with van der Waals surface area (Å²) in [7, 11) is 0. The van der Waals surface area contributed by atoms with Crippen LogP contribution in [0.2, 0.25) is 0 Å². The molecule has 76 valence electrons. The fraction of sp³-hybridized carbons (Fsp3) is 0.700. The molecule has 0 saturated heterocycles. The Morgan fingerprint density at radius 1 is 1.54 bits per heavy atom. The summed E-state index contributed by atoms with van der Waals surface area (Å²) in [6.45, 7) is 6.02.